The summed E-state index contributed by atoms with van der Waals surface area (Å²) >= 11 is 0. The van der Waals surface area contributed by atoms with Crippen molar-refractivity contribution in [1.82, 2.24) is 0 Å². The first-order valence-electron chi connectivity index (χ1n) is 0. The van der Waals surface area contributed by atoms with E-state index in [9.17, 15) is 0 Å². The molecule has 0 aliphatic heterocycles. The molecule has 0 bridgehead atoms. The Morgan fingerprint density at radius 1 is 1.00 bits per heavy atom. The predicted octanol–water partition coefficient (Wildman–Crippen LogP) is -1.19. The molecule has 0 fully saturated rings. The molecule has 0 N–H and O–H groups in total. The molecule has 0 saturated heterocycles. The molecule has 0 aromatic rings. The fourth-order valence-electron chi connectivity index (χ4n) is 0. The van der Waals surface area contributed by atoms with Crippen LogP contribution in [0.15, 0.2) is 0 Å². The summed E-state index contributed by atoms with van der Waals surface area (Å²) in [6.45, 7) is 0. The van der Waals surface area contributed by atoms with Crippen LogP contribution in [0.5, 0.6) is 0 Å². The number of hydrogen-bond donors (Lipinski definition) is 0. The second-order valence-electron chi connectivity index (χ2n) is 0. The van der Waals surface area contributed by atoms with Crippen molar-refractivity contribution in [3.05, 3.63) is 0 Å². The van der Waals surface area contributed by atoms with E-state index in [-0.39, 0.29) is 65.9 Å². The zero-order valence-electron chi connectivity index (χ0n) is 2.10. The van der Waals surface area contributed by atoms with Crippen LogP contribution in [0, 0.1) is 0 Å². The third-order valence-corrected chi connectivity index (χ3v) is 0. The molecule has 0 rings (SSSR count). The maximum atomic E-state index is 0. The quantitative estimate of drug-likeness (QED) is 0.468. The zero-order valence-corrected chi connectivity index (χ0v) is 8.25. The Labute approximate surface area is 65.4 Å². The molecule has 0 spiro atoms. The molecule has 2 radical (unpaired) electrons. The summed E-state index contributed by atoms with van der Waals surface area (Å²) in [7, 11) is 0. The molecule has 0 saturated carbocycles. The molecule has 0 heterocycles. The van der Waals surface area contributed by atoms with E-state index in [1.165, 1.54) is 0 Å². The molecule has 30 valence electrons. The van der Waals surface area contributed by atoms with Gasteiger partial charge in [0.25, 0.3) is 0 Å². The average molecular weight is 242 g/mol. The Morgan fingerprint density at radius 2 is 1.00 bits per heavy atom. The van der Waals surface area contributed by atoms with E-state index in [0.29, 0.717) is 0 Å². The molecule has 0 amide bonds. The first-order valence-corrected chi connectivity index (χ1v) is 0. The average Bonchev–Trinajstić information content (AvgIpc) is 0. The van der Waals surface area contributed by atoms with Gasteiger partial charge >= 0.3 is 0 Å². The molecular formula is H3CoFeMoSi. The normalized spacial score (nSPS) is 0. The fraction of sp³-hybridized carbons (Fsp3) is 0. The molecule has 0 aromatic carbocycles. The van der Waals surface area contributed by atoms with E-state index in [1.54, 1.807) is 0 Å². The van der Waals surface area contributed by atoms with Gasteiger partial charge in [-0.3, -0.25) is 0 Å². The van der Waals surface area contributed by atoms with Crippen molar-refractivity contribution in [1.29, 1.82) is 0 Å². The summed E-state index contributed by atoms with van der Waals surface area (Å²) in [5.41, 5.74) is 0. The van der Waals surface area contributed by atoms with Gasteiger partial charge in [-0.2, -0.15) is 0 Å². The minimum absolute atomic E-state index is 0. The second kappa shape index (κ2) is 20.4. The van der Waals surface area contributed by atoms with Gasteiger partial charge in [-0.25, -0.2) is 0 Å². The molecule has 4 heavy (non-hydrogen) atoms. The van der Waals surface area contributed by atoms with Crippen molar-refractivity contribution < 1.29 is 54.9 Å². The van der Waals surface area contributed by atoms with Crippen molar-refractivity contribution in [2.75, 3.05) is 0 Å². The number of hydrogen-bond acceptors (Lipinski definition) is 0. The Hall–Kier alpha value is 1.93. The van der Waals surface area contributed by atoms with E-state index in [0.717, 1.165) is 0 Å². The minimum atomic E-state index is 0. The van der Waals surface area contributed by atoms with Crippen LogP contribution in [0.3, 0.4) is 0 Å². The summed E-state index contributed by atoms with van der Waals surface area (Å²) in [5.74, 6) is 0. The van der Waals surface area contributed by atoms with Crippen LogP contribution in [0.25, 0.3) is 0 Å². The maximum absolute atomic E-state index is 0. The van der Waals surface area contributed by atoms with Crippen LogP contribution in [0.2, 0.25) is 0 Å². The molecule has 4 heteroatoms. The van der Waals surface area contributed by atoms with Crippen LogP contribution in [0.4, 0.5) is 0 Å². The van der Waals surface area contributed by atoms with Gasteiger partial charge in [0.05, 0.1) is 0 Å². The topological polar surface area (TPSA) is 0 Å². The molecular weight excluding hydrogens is 239 g/mol. The summed E-state index contributed by atoms with van der Waals surface area (Å²) in [5, 5.41) is 0. The van der Waals surface area contributed by atoms with Gasteiger partial charge in [-0.1, -0.05) is 0 Å². The third kappa shape index (κ3) is 9.06. The molecule has 0 aromatic heterocycles. The molecule has 0 nitrogen and oxygen atoms in total. The van der Waals surface area contributed by atoms with Gasteiger partial charge in [0.15, 0.2) is 0 Å². The van der Waals surface area contributed by atoms with Crippen molar-refractivity contribution >= 4 is 11.0 Å². The van der Waals surface area contributed by atoms with E-state index in [4.69, 9.17) is 0 Å². The van der Waals surface area contributed by atoms with Gasteiger partial charge in [0, 0.05) is 54.9 Å². The Balaban J connectivity index is 0. The van der Waals surface area contributed by atoms with Crippen LogP contribution in [-0.4, -0.2) is 11.0 Å². The van der Waals surface area contributed by atoms with Gasteiger partial charge in [0.1, 0.15) is 0 Å². The third-order valence-electron chi connectivity index (χ3n) is 0. The van der Waals surface area contributed by atoms with Crippen LogP contribution >= 0.6 is 0 Å². The summed E-state index contributed by atoms with van der Waals surface area (Å²) in [4.78, 5) is 0. The minimum Gasteiger partial charge on any atom is -0.0125 e. The van der Waals surface area contributed by atoms with E-state index in [1.807, 2.05) is 0 Å². The number of rotatable bonds is 0. The van der Waals surface area contributed by atoms with Gasteiger partial charge in [-0.15, -0.1) is 0 Å². The maximum Gasteiger partial charge on any atom is 0 e. The van der Waals surface area contributed by atoms with Crippen LogP contribution in [0.1, 0.15) is 0 Å². The Kier molecular flexibility index (Phi) is 198. The molecule has 0 atom stereocenters. The summed E-state index contributed by atoms with van der Waals surface area (Å²) in [6.07, 6.45) is 0. The molecule has 0 unspecified atom stereocenters. The summed E-state index contributed by atoms with van der Waals surface area (Å²) in [6, 6.07) is 0. The van der Waals surface area contributed by atoms with Crippen LogP contribution < -0.4 is 0 Å². The first kappa shape index (κ1) is 38.7. The monoisotopic (exact) mass is 244 g/mol. The van der Waals surface area contributed by atoms with E-state index in [2.05, 4.69) is 0 Å². The Morgan fingerprint density at radius 3 is 1.00 bits per heavy atom. The van der Waals surface area contributed by atoms with Gasteiger partial charge in [0.2, 0.25) is 0 Å². The van der Waals surface area contributed by atoms with Crippen molar-refractivity contribution in [3.63, 3.8) is 0 Å². The predicted molar refractivity (Wildman–Crippen MR) is 9.94 cm³/mol. The largest absolute Gasteiger partial charge is 0.0125 e. The van der Waals surface area contributed by atoms with Crippen molar-refractivity contribution in [2.24, 2.45) is 0 Å². The zero-order chi connectivity index (χ0) is 0. The standard InChI is InChI=1S/Co.Fe.Mo.H3Si/h;;;1H3. The molecule has 0 aliphatic rings. The molecule has 0 aliphatic carbocycles. The Bertz CT molecular complexity index is 8.00. The van der Waals surface area contributed by atoms with Gasteiger partial charge < -0.3 is 0 Å². The SMILES string of the molecule is [Co].[Fe].[Mo].[SiH3]. The van der Waals surface area contributed by atoms with Gasteiger partial charge in [-0.05, 0) is 11.0 Å². The summed E-state index contributed by atoms with van der Waals surface area (Å²) < 4.78 is 0. The second-order valence-corrected chi connectivity index (χ2v) is 0. The van der Waals surface area contributed by atoms with Crippen molar-refractivity contribution in [2.45, 2.75) is 0 Å². The smallest absolute Gasteiger partial charge is 0 e. The fourth-order valence-corrected chi connectivity index (χ4v) is 0. The van der Waals surface area contributed by atoms with Crippen LogP contribution in [-0.2, 0) is 54.9 Å². The van der Waals surface area contributed by atoms with E-state index >= 15 is 0 Å². The first-order chi connectivity index (χ1) is 0. The van der Waals surface area contributed by atoms with Crippen molar-refractivity contribution in [3.8, 4) is 0 Å². The van der Waals surface area contributed by atoms with E-state index < -0.39 is 0 Å².